The highest BCUT2D eigenvalue weighted by atomic mass is 19.4. The Kier molecular flexibility index (Phi) is 4.52. The first kappa shape index (κ1) is 19.0. The van der Waals surface area contributed by atoms with E-state index in [0.29, 0.717) is 49.0 Å². The van der Waals surface area contributed by atoms with Crippen molar-refractivity contribution >= 4 is 28.7 Å². The van der Waals surface area contributed by atoms with E-state index in [-0.39, 0.29) is 5.56 Å². The minimum Gasteiger partial charge on any atom is -0.383 e. The van der Waals surface area contributed by atoms with E-state index < -0.39 is 17.6 Å². The van der Waals surface area contributed by atoms with E-state index in [1.807, 2.05) is 4.90 Å². The lowest BCUT2D eigenvalue weighted by Crippen LogP contribution is -2.49. The number of aromatic nitrogens is 4. The highest BCUT2D eigenvalue weighted by Crippen LogP contribution is 2.30. The average molecular weight is 405 g/mol. The second kappa shape index (κ2) is 6.90. The Morgan fingerprint density at radius 1 is 1.14 bits per heavy atom. The predicted octanol–water partition coefficient (Wildman–Crippen LogP) is 1.93. The van der Waals surface area contributed by atoms with Crippen LogP contribution in [0.15, 0.2) is 30.5 Å². The molecule has 0 saturated carbocycles. The molecule has 152 valence electrons. The Hall–Kier alpha value is -3.37. The molecule has 1 aromatic carbocycles. The molecule has 29 heavy (non-hydrogen) atoms. The van der Waals surface area contributed by atoms with Crippen LogP contribution in [-0.4, -0.2) is 56.7 Å². The number of piperazine rings is 1. The predicted molar refractivity (Wildman–Crippen MR) is 100 cm³/mol. The molecule has 1 amide bonds. The average Bonchev–Trinajstić information content (AvgIpc) is 3.08. The van der Waals surface area contributed by atoms with Crippen molar-refractivity contribution in [3.05, 3.63) is 41.6 Å². The van der Waals surface area contributed by atoms with Gasteiger partial charge in [-0.3, -0.25) is 9.48 Å². The molecule has 8 nitrogen and oxygen atoms in total. The maximum absolute atomic E-state index is 12.9. The first-order valence-corrected chi connectivity index (χ1v) is 8.91. The highest BCUT2D eigenvalue weighted by molar-refractivity contribution is 5.94. The van der Waals surface area contributed by atoms with Gasteiger partial charge in [0.15, 0.2) is 5.65 Å². The number of hydrogen-bond donors (Lipinski definition) is 1. The first-order chi connectivity index (χ1) is 13.7. The van der Waals surface area contributed by atoms with Crippen molar-refractivity contribution in [2.75, 3.05) is 36.8 Å². The third kappa shape index (κ3) is 3.55. The first-order valence-electron chi connectivity index (χ1n) is 8.91. The van der Waals surface area contributed by atoms with E-state index in [4.69, 9.17) is 5.73 Å². The van der Waals surface area contributed by atoms with E-state index >= 15 is 0 Å². The third-order valence-electron chi connectivity index (χ3n) is 4.90. The summed E-state index contributed by atoms with van der Waals surface area (Å²) in [4.78, 5) is 24.9. The number of hydrogen-bond acceptors (Lipinski definition) is 6. The molecule has 2 N–H and O–H groups in total. The smallest absolute Gasteiger partial charge is 0.383 e. The van der Waals surface area contributed by atoms with E-state index in [1.54, 1.807) is 17.9 Å². The van der Waals surface area contributed by atoms with Gasteiger partial charge in [0, 0.05) is 38.8 Å². The number of alkyl halides is 3. The fourth-order valence-electron chi connectivity index (χ4n) is 3.29. The van der Waals surface area contributed by atoms with E-state index in [1.165, 1.54) is 17.0 Å². The van der Waals surface area contributed by atoms with Crippen LogP contribution in [0.5, 0.6) is 0 Å². The highest BCUT2D eigenvalue weighted by Gasteiger charge is 2.32. The van der Waals surface area contributed by atoms with Gasteiger partial charge < -0.3 is 15.5 Å². The summed E-state index contributed by atoms with van der Waals surface area (Å²) in [5.41, 5.74) is 5.78. The van der Waals surface area contributed by atoms with E-state index in [2.05, 4.69) is 15.1 Å². The Bertz CT molecular complexity index is 1070. The lowest BCUT2D eigenvalue weighted by molar-refractivity contribution is -0.137. The largest absolute Gasteiger partial charge is 0.416 e. The number of anilines is 2. The normalized spacial score (nSPS) is 15.2. The molecule has 0 atom stereocenters. The monoisotopic (exact) mass is 405 g/mol. The van der Waals surface area contributed by atoms with Gasteiger partial charge in [0.1, 0.15) is 5.82 Å². The third-order valence-corrected chi connectivity index (χ3v) is 4.90. The van der Waals surface area contributed by atoms with Gasteiger partial charge in [-0.1, -0.05) is 6.07 Å². The topological polar surface area (TPSA) is 93.2 Å². The minimum absolute atomic E-state index is 0.0186. The number of nitrogen functional groups attached to an aromatic ring is 1. The molecule has 3 aromatic rings. The molecular weight excluding hydrogens is 387 g/mol. The van der Waals surface area contributed by atoms with Gasteiger partial charge in [0.05, 0.1) is 17.1 Å². The molecule has 1 aliphatic rings. The molecule has 0 radical (unpaired) electrons. The fourth-order valence-corrected chi connectivity index (χ4v) is 3.29. The number of amides is 1. The standard InChI is InChI=1S/C18H18F3N7O/c1-26-15-13(10-23-26)14(22)24-17(25-15)28-7-5-27(6-8-28)16(29)11-3-2-4-12(9-11)18(19,20)21/h2-4,9-10H,5-8H2,1H3,(H2,22,24,25). The van der Waals surface area contributed by atoms with Crippen molar-refractivity contribution < 1.29 is 18.0 Å². The fraction of sp³-hybridized carbons (Fsp3) is 0.333. The van der Waals surface area contributed by atoms with Crippen molar-refractivity contribution in [2.24, 2.45) is 7.05 Å². The van der Waals surface area contributed by atoms with Gasteiger partial charge in [-0.2, -0.15) is 28.2 Å². The van der Waals surface area contributed by atoms with Crippen molar-refractivity contribution in [1.82, 2.24) is 24.6 Å². The molecule has 11 heteroatoms. The SMILES string of the molecule is Cn1ncc2c(N)nc(N3CCN(C(=O)c4cccc(C(F)(F)F)c4)CC3)nc21. The molecular formula is C18H18F3N7O. The van der Waals surface area contributed by atoms with Crippen molar-refractivity contribution in [3.8, 4) is 0 Å². The number of nitrogens with zero attached hydrogens (tertiary/aromatic N) is 6. The van der Waals surface area contributed by atoms with Crippen LogP contribution in [0.25, 0.3) is 11.0 Å². The van der Waals surface area contributed by atoms with Crippen molar-refractivity contribution in [2.45, 2.75) is 6.18 Å². The molecule has 0 bridgehead atoms. The van der Waals surface area contributed by atoms with Crippen LogP contribution in [0.1, 0.15) is 15.9 Å². The van der Waals surface area contributed by atoms with Crippen LogP contribution in [0.4, 0.5) is 24.9 Å². The number of nitrogens with two attached hydrogens (primary N) is 1. The number of fused-ring (bicyclic) bond motifs is 1. The summed E-state index contributed by atoms with van der Waals surface area (Å²) >= 11 is 0. The molecule has 0 unspecified atom stereocenters. The van der Waals surface area contributed by atoms with Gasteiger partial charge in [0.2, 0.25) is 5.95 Å². The molecule has 0 aliphatic carbocycles. The Morgan fingerprint density at radius 3 is 2.55 bits per heavy atom. The summed E-state index contributed by atoms with van der Waals surface area (Å²) in [5, 5.41) is 4.78. The number of aryl methyl sites for hydroxylation is 1. The number of rotatable bonds is 2. The van der Waals surface area contributed by atoms with Gasteiger partial charge in [0.25, 0.3) is 5.91 Å². The van der Waals surface area contributed by atoms with Crippen LogP contribution in [0, 0.1) is 0 Å². The summed E-state index contributed by atoms with van der Waals surface area (Å²) in [6, 6.07) is 4.47. The zero-order valence-corrected chi connectivity index (χ0v) is 15.5. The molecule has 0 spiro atoms. The summed E-state index contributed by atoms with van der Waals surface area (Å²) in [6.45, 7) is 1.55. The van der Waals surface area contributed by atoms with Gasteiger partial charge >= 0.3 is 6.18 Å². The van der Waals surface area contributed by atoms with Crippen LogP contribution < -0.4 is 10.6 Å². The second-order valence-corrected chi connectivity index (χ2v) is 6.77. The summed E-state index contributed by atoms with van der Waals surface area (Å²) in [5.74, 6) is 0.323. The summed E-state index contributed by atoms with van der Waals surface area (Å²) < 4.78 is 40.3. The molecule has 1 aliphatic heterocycles. The molecule has 3 heterocycles. The number of benzene rings is 1. The van der Waals surface area contributed by atoms with Crippen LogP contribution in [0.3, 0.4) is 0 Å². The number of carbonyl (C=O) groups is 1. The molecule has 1 saturated heterocycles. The van der Waals surface area contributed by atoms with Crippen LogP contribution >= 0.6 is 0 Å². The minimum atomic E-state index is -4.49. The number of halogens is 3. The van der Waals surface area contributed by atoms with Crippen molar-refractivity contribution in [3.63, 3.8) is 0 Å². The Morgan fingerprint density at radius 2 is 1.86 bits per heavy atom. The van der Waals surface area contributed by atoms with Crippen molar-refractivity contribution in [1.29, 1.82) is 0 Å². The number of carbonyl (C=O) groups excluding carboxylic acids is 1. The maximum atomic E-state index is 12.9. The zero-order valence-electron chi connectivity index (χ0n) is 15.5. The lowest BCUT2D eigenvalue weighted by Gasteiger charge is -2.34. The zero-order chi connectivity index (χ0) is 20.8. The van der Waals surface area contributed by atoms with Gasteiger partial charge in [-0.05, 0) is 18.2 Å². The molecule has 2 aromatic heterocycles. The van der Waals surface area contributed by atoms with Gasteiger partial charge in [-0.15, -0.1) is 0 Å². The van der Waals surface area contributed by atoms with Gasteiger partial charge in [-0.25, -0.2) is 0 Å². The van der Waals surface area contributed by atoms with Crippen LogP contribution in [0.2, 0.25) is 0 Å². The van der Waals surface area contributed by atoms with E-state index in [9.17, 15) is 18.0 Å². The Balaban J connectivity index is 1.48. The van der Waals surface area contributed by atoms with Crippen LogP contribution in [-0.2, 0) is 13.2 Å². The Labute approximate surface area is 163 Å². The lowest BCUT2D eigenvalue weighted by atomic mass is 10.1. The molecule has 1 fully saturated rings. The summed E-state index contributed by atoms with van der Waals surface area (Å²) in [7, 11) is 1.75. The quantitative estimate of drug-likeness (QED) is 0.700. The summed E-state index contributed by atoms with van der Waals surface area (Å²) in [6.07, 6.45) is -2.89. The van der Waals surface area contributed by atoms with E-state index in [0.717, 1.165) is 12.1 Å². The molecule has 4 rings (SSSR count). The second-order valence-electron chi connectivity index (χ2n) is 6.77. The maximum Gasteiger partial charge on any atom is 0.416 e.